The average molecular weight is 645 g/mol. The summed E-state index contributed by atoms with van der Waals surface area (Å²) in [5.74, 6) is -0.697. The van der Waals surface area contributed by atoms with Gasteiger partial charge in [0, 0.05) is 19.4 Å². The Kier molecular flexibility index (Phi) is 12.9. The molecule has 0 aliphatic rings. The van der Waals surface area contributed by atoms with E-state index in [0.717, 1.165) is 23.1 Å². The van der Waals surface area contributed by atoms with Crippen molar-refractivity contribution in [3.05, 3.63) is 107 Å². The number of aromatic hydroxyl groups is 4. The Balaban J connectivity index is 1.51. The zero-order valence-corrected chi connectivity index (χ0v) is 26.6. The molecule has 0 saturated carbocycles. The number of methoxy groups -OCH3 is 1. The fourth-order valence-electron chi connectivity index (χ4n) is 5.77. The molecule has 0 aliphatic carbocycles. The second-order valence-corrected chi connectivity index (χ2v) is 11.8. The van der Waals surface area contributed by atoms with Crippen LogP contribution in [0.25, 0.3) is 0 Å². The molecule has 0 aliphatic heterocycles. The van der Waals surface area contributed by atoms with Gasteiger partial charge in [-0.25, -0.2) is 0 Å². The summed E-state index contributed by atoms with van der Waals surface area (Å²) in [6.07, 6.45) is 2.46. The molecule has 6 N–H and O–H groups in total. The molecule has 0 radical (unpaired) electrons. The lowest BCUT2D eigenvalue weighted by Crippen LogP contribution is -2.18. The van der Waals surface area contributed by atoms with Crippen molar-refractivity contribution in [1.29, 1.82) is 0 Å². The second kappa shape index (κ2) is 17.3. The number of hydrogen-bond donors (Lipinski definition) is 6. The standard InChI is InChI=1S/C38H44O9/c1-46-36-19-25(12-16-34(36)43)11-15-32(41)23-33(42)20-29(14-13-28-8-3-2-7-27(28)9-5-17-39)30-21-35(44)38(45)37(22-30)47-24-26-6-4-10-31(40)18-26/h2-4,6-8,10,12,16,18-19,21-22,29,33,39-40,42-45H,5,9,11,13-15,17,20,23-24H2,1H3/t29-,33+/m0/s1. The molecule has 4 rings (SSSR count). The summed E-state index contributed by atoms with van der Waals surface area (Å²) in [4.78, 5) is 12.9. The van der Waals surface area contributed by atoms with E-state index in [1.54, 1.807) is 42.5 Å². The van der Waals surface area contributed by atoms with Gasteiger partial charge in [-0.2, -0.15) is 0 Å². The molecule has 0 unspecified atom stereocenters. The van der Waals surface area contributed by atoms with Crippen LogP contribution in [0.3, 0.4) is 0 Å². The van der Waals surface area contributed by atoms with Crippen LogP contribution in [0.2, 0.25) is 0 Å². The average Bonchev–Trinajstić information content (AvgIpc) is 3.06. The van der Waals surface area contributed by atoms with Crippen molar-refractivity contribution < 1.29 is 44.9 Å². The third kappa shape index (κ3) is 10.4. The van der Waals surface area contributed by atoms with Crippen LogP contribution in [-0.4, -0.2) is 56.2 Å². The first-order valence-electron chi connectivity index (χ1n) is 15.9. The molecule has 9 heteroatoms. The van der Waals surface area contributed by atoms with E-state index in [0.29, 0.717) is 42.6 Å². The Hall–Kier alpha value is -4.73. The van der Waals surface area contributed by atoms with Crippen molar-refractivity contribution in [2.24, 2.45) is 0 Å². The molecule has 0 saturated heterocycles. The Morgan fingerprint density at radius 3 is 2.28 bits per heavy atom. The van der Waals surface area contributed by atoms with Gasteiger partial charge in [-0.3, -0.25) is 4.79 Å². The van der Waals surface area contributed by atoms with Crippen LogP contribution in [-0.2, 0) is 30.7 Å². The summed E-state index contributed by atoms with van der Waals surface area (Å²) in [7, 11) is 1.46. The molecule has 0 amide bonds. The van der Waals surface area contributed by atoms with Crippen molar-refractivity contribution in [2.45, 2.75) is 70.0 Å². The van der Waals surface area contributed by atoms with Gasteiger partial charge >= 0.3 is 0 Å². The van der Waals surface area contributed by atoms with Gasteiger partial charge in [-0.1, -0.05) is 42.5 Å². The van der Waals surface area contributed by atoms with E-state index in [2.05, 4.69) is 0 Å². The molecule has 0 fully saturated rings. The van der Waals surface area contributed by atoms with Gasteiger partial charge < -0.3 is 40.1 Å². The highest BCUT2D eigenvalue weighted by Gasteiger charge is 2.23. The van der Waals surface area contributed by atoms with Gasteiger partial charge in [0.05, 0.1) is 13.2 Å². The molecular weight excluding hydrogens is 600 g/mol. The van der Waals surface area contributed by atoms with E-state index in [9.17, 15) is 35.4 Å². The highest BCUT2D eigenvalue weighted by Crippen LogP contribution is 2.41. The smallest absolute Gasteiger partial charge is 0.200 e. The Labute approximate surface area is 275 Å². The number of aliphatic hydroxyl groups excluding tert-OH is 2. The summed E-state index contributed by atoms with van der Waals surface area (Å²) in [5, 5.41) is 61.4. The van der Waals surface area contributed by atoms with Gasteiger partial charge in [-0.15, -0.1) is 0 Å². The molecule has 9 nitrogen and oxygen atoms in total. The van der Waals surface area contributed by atoms with Crippen molar-refractivity contribution in [3.8, 4) is 34.5 Å². The Morgan fingerprint density at radius 2 is 1.55 bits per heavy atom. The van der Waals surface area contributed by atoms with Gasteiger partial charge in [0.15, 0.2) is 23.0 Å². The first-order chi connectivity index (χ1) is 22.7. The van der Waals surface area contributed by atoms with Crippen molar-refractivity contribution in [3.63, 3.8) is 0 Å². The SMILES string of the molecule is COc1cc(CCC(=O)C[C@H](O)C[C@H](CCc2ccccc2CCCO)c2cc(O)c(O)c(OCc3cccc(O)c3)c2)ccc1O. The zero-order chi connectivity index (χ0) is 33.8. The molecular formula is C38H44O9. The third-order valence-corrected chi connectivity index (χ3v) is 8.29. The topological polar surface area (TPSA) is 157 Å². The normalized spacial score (nSPS) is 12.4. The fourth-order valence-corrected chi connectivity index (χ4v) is 5.77. The molecule has 4 aromatic rings. The number of phenols is 4. The van der Waals surface area contributed by atoms with Crippen molar-refractivity contribution in [2.75, 3.05) is 13.7 Å². The van der Waals surface area contributed by atoms with Crippen LogP contribution < -0.4 is 9.47 Å². The van der Waals surface area contributed by atoms with E-state index in [-0.39, 0.29) is 67.2 Å². The van der Waals surface area contributed by atoms with E-state index in [1.807, 2.05) is 24.3 Å². The van der Waals surface area contributed by atoms with Gasteiger partial charge in [0.1, 0.15) is 18.1 Å². The highest BCUT2D eigenvalue weighted by molar-refractivity contribution is 5.79. The van der Waals surface area contributed by atoms with Crippen LogP contribution in [0.1, 0.15) is 65.8 Å². The van der Waals surface area contributed by atoms with E-state index in [4.69, 9.17) is 9.47 Å². The molecule has 0 spiro atoms. The number of carbonyl (C=O) groups is 1. The second-order valence-electron chi connectivity index (χ2n) is 11.8. The third-order valence-electron chi connectivity index (χ3n) is 8.29. The monoisotopic (exact) mass is 644 g/mol. The van der Waals surface area contributed by atoms with Gasteiger partial charge in [0.25, 0.3) is 0 Å². The number of aryl methyl sites for hydroxylation is 3. The minimum absolute atomic E-state index is 0.0215. The number of ketones is 1. The molecule has 0 heterocycles. The number of phenolic OH excluding ortho intramolecular Hbond substituents is 4. The molecule has 0 aromatic heterocycles. The summed E-state index contributed by atoms with van der Waals surface area (Å²) in [6, 6.07) is 22.6. The number of Topliss-reactive ketones (excluding diaryl/α,β-unsaturated/α-hetero) is 1. The number of ether oxygens (including phenoxy) is 2. The molecule has 4 aromatic carbocycles. The first kappa shape index (κ1) is 35.1. The van der Waals surface area contributed by atoms with Crippen LogP contribution in [0.15, 0.2) is 78.9 Å². The summed E-state index contributed by atoms with van der Waals surface area (Å²) in [5.41, 5.74) is 4.39. The van der Waals surface area contributed by atoms with Crippen LogP contribution in [0.4, 0.5) is 0 Å². The maximum absolute atomic E-state index is 12.9. The highest BCUT2D eigenvalue weighted by atomic mass is 16.5. The molecule has 2 atom stereocenters. The maximum Gasteiger partial charge on any atom is 0.200 e. The number of aliphatic hydroxyl groups is 2. The lowest BCUT2D eigenvalue weighted by Gasteiger charge is -2.23. The summed E-state index contributed by atoms with van der Waals surface area (Å²) in [6.45, 7) is 0.132. The number of hydrogen-bond acceptors (Lipinski definition) is 9. The Bertz CT molecular complexity index is 1620. The van der Waals surface area contributed by atoms with Gasteiger partial charge in [-0.05, 0) is 109 Å². The minimum Gasteiger partial charge on any atom is -0.508 e. The zero-order valence-electron chi connectivity index (χ0n) is 26.6. The van der Waals surface area contributed by atoms with Crippen LogP contribution >= 0.6 is 0 Å². The minimum atomic E-state index is -0.959. The van der Waals surface area contributed by atoms with E-state index in [1.165, 1.54) is 19.2 Å². The lowest BCUT2D eigenvalue weighted by atomic mass is 9.85. The first-order valence-corrected chi connectivity index (χ1v) is 15.9. The lowest BCUT2D eigenvalue weighted by molar-refractivity contribution is -0.121. The van der Waals surface area contributed by atoms with Gasteiger partial charge in [0.2, 0.25) is 5.75 Å². The predicted octanol–water partition coefficient (Wildman–Crippen LogP) is 6.08. The number of benzene rings is 4. The van der Waals surface area contributed by atoms with Crippen LogP contribution in [0.5, 0.6) is 34.5 Å². The summed E-state index contributed by atoms with van der Waals surface area (Å²) >= 11 is 0. The summed E-state index contributed by atoms with van der Waals surface area (Å²) < 4.78 is 11.0. The van der Waals surface area contributed by atoms with E-state index < -0.39 is 11.9 Å². The number of rotatable bonds is 18. The van der Waals surface area contributed by atoms with Crippen molar-refractivity contribution in [1.82, 2.24) is 0 Å². The van der Waals surface area contributed by atoms with E-state index >= 15 is 0 Å². The fraction of sp³-hybridized carbons (Fsp3) is 0.342. The molecule has 47 heavy (non-hydrogen) atoms. The maximum atomic E-state index is 12.9. The quantitative estimate of drug-likeness (QED) is 0.0707. The largest absolute Gasteiger partial charge is 0.508 e. The molecule has 0 bridgehead atoms. The predicted molar refractivity (Wildman–Crippen MR) is 178 cm³/mol. The van der Waals surface area contributed by atoms with Crippen LogP contribution in [0, 0.1) is 0 Å². The molecule has 250 valence electrons. The Morgan fingerprint density at radius 1 is 0.787 bits per heavy atom. The van der Waals surface area contributed by atoms with Crippen molar-refractivity contribution >= 4 is 5.78 Å². The number of carbonyl (C=O) groups excluding carboxylic acids is 1.